The van der Waals surface area contributed by atoms with Crippen molar-refractivity contribution >= 4 is 35.2 Å². The van der Waals surface area contributed by atoms with Gasteiger partial charge >= 0.3 is 5.97 Å². The summed E-state index contributed by atoms with van der Waals surface area (Å²) in [6.45, 7) is 0. The van der Waals surface area contributed by atoms with Gasteiger partial charge in [0.2, 0.25) is 0 Å². The number of hydrogen-bond acceptors (Lipinski definition) is 4. The Hall–Kier alpha value is -1.78. The van der Waals surface area contributed by atoms with Crippen LogP contribution in [0.3, 0.4) is 0 Å². The van der Waals surface area contributed by atoms with E-state index in [0.717, 1.165) is 49.8 Å². The van der Waals surface area contributed by atoms with Crippen LogP contribution in [0.2, 0.25) is 10.0 Å². The number of methoxy groups -OCH3 is 1. The molecule has 0 amide bonds. The van der Waals surface area contributed by atoms with Crippen LogP contribution in [0.15, 0.2) is 28.8 Å². The molecule has 29 heavy (non-hydrogen) atoms. The first-order valence-electron chi connectivity index (χ1n) is 10.2. The minimum atomic E-state index is -0.380. The largest absolute Gasteiger partial charge is 0.469 e. The summed E-state index contributed by atoms with van der Waals surface area (Å²) in [5.41, 5.74) is 1.93. The van der Waals surface area contributed by atoms with Gasteiger partial charge in [-0.3, -0.25) is 4.79 Å². The molecule has 3 unspecified atom stereocenters. The molecule has 2 bridgehead atoms. The SMILES string of the molecule is COC(=O)C12CCC(CC1C=Cc1c(-c3c(Cl)cccc3Cl)noc1C1CC1)C2. The van der Waals surface area contributed by atoms with Crippen LogP contribution in [0.25, 0.3) is 17.3 Å². The maximum Gasteiger partial charge on any atom is 0.312 e. The molecular formula is C23H23Cl2NO3. The van der Waals surface area contributed by atoms with Crippen LogP contribution in [0.1, 0.15) is 55.8 Å². The minimum Gasteiger partial charge on any atom is -0.469 e. The molecule has 0 N–H and O–H groups in total. The lowest BCUT2D eigenvalue weighted by Gasteiger charge is -2.30. The smallest absolute Gasteiger partial charge is 0.312 e. The Morgan fingerprint density at radius 3 is 2.69 bits per heavy atom. The molecule has 2 aromatic rings. The molecule has 0 radical (unpaired) electrons. The Balaban J connectivity index is 1.55. The Morgan fingerprint density at radius 1 is 1.28 bits per heavy atom. The van der Waals surface area contributed by atoms with Crippen LogP contribution in [0.5, 0.6) is 0 Å². The third-order valence-corrected chi connectivity index (χ3v) is 7.57. The van der Waals surface area contributed by atoms with E-state index in [4.69, 9.17) is 32.5 Å². The standard InChI is InChI=1S/C23H23Cl2NO3/c1-28-22(27)23-10-9-13(12-23)11-15(23)7-8-16-20(26-29-21(16)14-5-6-14)19-17(24)3-2-4-18(19)25/h2-4,7-8,13-15H,5-6,9-12H2,1H3. The zero-order valence-corrected chi connectivity index (χ0v) is 17.8. The third-order valence-electron chi connectivity index (χ3n) is 6.94. The van der Waals surface area contributed by atoms with Gasteiger partial charge in [0.1, 0.15) is 11.5 Å². The van der Waals surface area contributed by atoms with Crippen LogP contribution in [0.4, 0.5) is 0 Å². The second-order valence-corrected chi connectivity index (χ2v) is 9.45. The number of ether oxygens (including phenoxy) is 1. The van der Waals surface area contributed by atoms with Crippen molar-refractivity contribution in [3.8, 4) is 11.3 Å². The van der Waals surface area contributed by atoms with Gasteiger partial charge in [-0.1, -0.05) is 46.6 Å². The number of hydrogen-bond donors (Lipinski definition) is 0. The van der Waals surface area contributed by atoms with Gasteiger partial charge in [-0.15, -0.1) is 0 Å². The Kier molecular flexibility index (Phi) is 4.75. The lowest BCUT2D eigenvalue weighted by molar-refractivity contribution is -0.154. The van der Waals surface area contributed by atoms with Crippen molar-refractivity contribution in [3.63, 3.8) is 0 Å². The van der Waals surface area contributed by atoms with Crippen LogP contribution in [-0.2, 0) is 9.53 Å². The second kappa shape index (κ2) is 7.17. The number of benzene rings is 1. The van der Waals surface area contributed by atoms with E-state index in [9.17, 15) is 4.79 Å². The van der Waals surface area contributed by atoms with E-state index in [1.807, 2.05) is 18.2 Å². The second-order valence-electron chi connectivity index (χ2n) is 8.64. The zero-order valence-electron chi connectivity index (χ0n) is 16.3. The van der Waals surface area contributed by atoms with Crippen LogP contribution in [-0.4, -0.2) is 18.2 Å². The van der Waals surface area contributed by atoms with Crippen LogP contribution >= 0.6 is 23.2 Å². The van der Waals surface area contributed by atoms with Gasteiger partial charge in [0.05, 0.1) is 22.6 Å². The molecule has 0 saturated heterocycles. The van der Waals surface area contributed by atoms with E-state index in [0.29, 0.717) is 33.1 Å². The van der Waals surface area contributed by atoms with E-state index in [2.05, 4.69) is 17.3 Å². The molecular weight excluding hydrogens is 409 g/mol. The number of halogens is 2. The summed E-state index contributed by atoms with van der Waals surface area (Å²) < 4.78 is 10.9. The summed E-state index contributed by atoms with van der Waals surface area (Å²) in [5, 5.41) is 5.44. The van der Waals surface area contributed by atoms with E-state index in [-0.39, 0.29) is 17.3 Å². The average molecular weight is 432 g/mol. The Bertz CT molecular complexity index is 974. The van der Waals surface area contributed by atoms with E-state index in [1.165, 1.54) is 7.11 Å². The lowest BCUT2D eigenvalue weighted by atomic mass is 9.74. The highest BCUT2D eigenvalue weighted by Crippen LogP contribution is 2.59. The quantitative estimate of drug-likeness (QED) is 0.505. The van der Waals surface area contributed by atoms with Gasteiger partial charge < -0.3 is 9.26 Å². The van der Waals surface area contributed by atoms with Crippen molar-refractivity contribution in [1.29, 1.82) is 0 Å². The number of rotatable bonds is 5. The lowest BCUT2D eigenvalue weighted by Crippen LogP contribution is -2.34. The molecule has 3 atom stereocenters. The number of esters is 1. The summed E-state index contributed by atoms with van der Waals surface area (Å²) >= 11 is 12.9. The molecule has 1 aromatic carbocycles. The average Bonchev–Trinajstić information content (AvgIpc) is 3.19. The molecule has 0 aliphatic heterocycles. The molecule has 152 valence electrons. The molecule has 1 aromatic heterocycles. The molecule has 6 heteroatoms. The van der Waals surface area contributed by atoms with Crippen LogP contribution in [0, 0.1) is 17.3 Å². The molecule has 1 heterocycles. The minimum absolute atomic E-state index is 0.0748. The fourth-order valence-electron chi connectivity index (χ4n) is 5.33. The van der Waals surface area contributed by atoms with Gasteiger partial charge in [0.25, 0.3) is 0 Å². The molecule has 3 aliphatic carbocycles. The summed E-state index contributed by atoms with van der Waals surface area (Å²) in [7, 11) is 1.49. The molecule has 3 saturated carbocycles. The zero-order chi connectivity index (χ0) is 20.2. The third kappa shape index (κ3) is 3.12. The van der Waals surface area contributed by atoms with Gasteiger partial charge in [-0.2, -0.15) is 0 Å². The first kappa shape index (κ1) is 19.2. The number of carbonyl (C=O) groups excluding carboxylic acids is 1. The number of carbonyl (C=O) groups is 1. The fraction of sp³-hybridized carbons (Fsp3) is 0.478. The Labute approximate surface area is 180 Å². The highest BCUT2D eigenvalue weighted by atomic mass is 35.5. The van der Waals surface area contributed by atoms with Crippen molar-refractivity contribution in [3.05, 3.63) is 45.6 Å². The fourth-order valence-corrected chi connectivity index (χ4v) is 5.91. The Morgan fingerprint density at radius 2 is 2.03 bits per heavy atom. The highest BCUT2D eigenvalue weighted by molar-refractivity contribution is 6.39. The molecule has 4 nitrogen and oxygen atoms in total. The maximum atomic E-state index is 12.6. The topological polar surface area (TPSA) is 52.3 Å². The van der Waals surface area contributed by atoms with E-state index < -0.39 is 0 Å². The summed E-state index contributed by atoms with van der Waals surface area (Å²) in [5.74, 6) is 1.99. The number of allylic oxidation sites excluding steroid dienone is 1. The van der Waals surface area contributed by atoms with Gasteiger partial charge in [0, 0.05) is 17.0 Å². The normalized spacial score (nSPS) is 28.4. The molecule has 0 spiro atoms. The molecule has 3 aliphatic rings. The molecule has 5 rings (SSSR count). The van der Waals surface area contributed by atoms with Crippen molar-refractivity contribution in [2.75, 3.05) is 7.11 Å². The summed E-state index contributed by atoms with van der Waals surface area (Å²) in [6, 6.07) is 5.44. The maximum absolute atomic E-state index is 12.6. The van der Waals surface area contributed by atoms with Crippen LogP contribution < -0.4 is 0 Å². The molecule has 3 fully saturated rings. The van der Waals surface area contributed by atoms with E-state index >= 15 is 0 Å². The van der Waals surface area contributed by atoms with Gasteiger partial charge in [0.15, 0.2) is 0 Å². The van der Waals surface area contributed by atoms with Crippen molar-refractivity contribution in [2.24, 2.45) is 17.3 Å². The van der Waals surface area contributed by atoms with Gasteiger partial charge in [-0.05, 0) is 62.5 Å². The van der Waals surface area contributed by atoms with Crippen molar-refractivity contribution in [1.82, 2.24) is 5.16 Å². The highest BCUT2D eigenvalue weighted by Gasteiger charge is 2.56. The monoisotopic (exact) mass is 431 g/mol. The van der Waals surface area contributed by atoms with E-state index in [1.54, 1.807) is 0 Å². The summed E-state index contributed by atoms with van der Waals surface area (Å²) in [6.07, 6.45) is 10.4. The first-order chi connectivity index (χ1) is 14.0. The summed E-state index contributed by atoms with van der Waals surface area (Å²) in [4.78, 5) is 12.6. The van der Waals surface area contributed by atoms with Crippen molar-refractivity contribution in [2.45, 2.75) is 44.4 Å². The predicted molar refractivity (Wildman–Crippen MR) is 113 cm³/mol. The first-order valence-corrected chi connectivity index (χ1v) is 11.0. The van der Waals surface area contributed by atoms with Crippen molar-refractivity contribution < 1.29 is 14.1 Å². The number of fused-ring (bicyclic) bond motifs is 2. The predicted octanol–water partition coefficient (Wildman–Crippen LogP) is 6.52. The number of nitrogens with zero attached hydrogens (tertiary/aromatic N) is 1. The number of aromatic nitrogens is 1. The van der Waals surface area contributed by atoms with Gasteiger partial charge in [-0.25, -0.2) is 0 Å².